The molecule has 2 heterocycles. The van der Waals surface area contributed by atoms with Crippen molar-refractivity contribution in [2.24, 2.45) is 0 Å². The predicted molar refractivity (Wildman–Crippen MR) is 53.7 cm³/mol. The van der Waals surface area contributed by atoms with Gasteiger partial charge >= 0.3 is 0 Å². The molecule has 1 aromatic heterocycles. The highest BCUT2D eigenvalue weighted by Crippen LogP contribution is 2.28. The van der Waals surface area contributed by atoms with Crippen LogP contribution in [-0.4, -0.2) is 17.0 Å². The molecule has 1 aliphatic rings. The van der Waals surface area contributed by atoms with Crippen molar-refractivity contribution in [2.75, 3.05) is 6.61 Å². The molecule has 0 amide bonds. The Bertz CT molecular complexity index is 246. The van der Waals surface area contributed by atoms with Gasteiger partial charge in [0.25, 0.3) is 0 Å². The third kappa shape index (κ3) is 2.71. The number of pyridine rings is 1. The van der Waals surface area contributed by atoms with E-state index in [1.54, 1.807) is 11.8 Å². The van der Waals surface area contributed by atoms with Crippen molar-refractivity contribution in [1.29, 1.82) is 0 Å². The number of hydrogen-bond acceptors (Lipinski definition) is 3. The summed E-state index contributed by atoms with van der Waals surface area (Å²) in [6, 6.07) is 5.98. The van der Waals surface area contributed by atoms with Gasteiger partial charge in [0.15, 0.2) is 0 Å². The summed E-state index contributed by atoms with van der Waals surface area (Å²) in [6.45, 7) is 0.907. The quantitative estimate of drug-likeness (QED) is 0.724. The summed E-state index contributed by atoms with van der Waals surface area (Å²) in [5, 5.41) is 1.06. The van der Waals surface area contributed by atoms with Crippen LogP contribution in [0.3, 0.4) is 0 Å². The first-order chi connectivity index (χ1) is 6.45. The molecule has 2 rings (SSSR count). The summed E-state index contributed by atoms with van der Waals surface area (Å²) >= 11 is 1.73. The SMILES string of the molecule is c1ccc(S[C@@H]2CCCCO2)nc1. The molecular formula is C10H13NOS. The first-order valence-corrected chi connectivity index (χ1v) is 5.52. The Labute approximate surface area is 82.7 Å². The molecule has 0 aromatic carbocycles. The maximum absolute atomic E-state index is 5.60. The van der Waals surface area contributed by atoms with Gasteiger partial charge < -0.3 is 4.74 Å². The molecule has 0 bridgehead atoms. The van der Waals surface area contributed by atoms with Gasteiger partial charge in [0, 0.05) is 12.8 Å². The van der Waals surface area contributed by atoms with Gasteiger partial charge in [0.05, 0.1) is 5.03 Å². The Morgan fingerprint density at radius 3 is 3.08 bits per heavy atom. The van der Waals surface area contributed by atoms with E-state index in [1.807, 2.05) is 24.4 Å². The predicted octanol–water partition coefficient (Wildman–Crippen LogP) is 2.70. The van der Waals surface area contributed by atoms with Gasteiger partial charge in [-0.1, -0.05) is 17.8 Å². The minimum Gasteiger partial charge on any atom is -0.367 e. The van der Waals surface area contributed by atoms with Crippen LogP contribution >= 0.6 is 11.8 Å². The largest absolute Gasteiger partial charge is 0.367 e. The molecule has 0 saturated carbocycles. The number of rotatable bonds is 2. The van der Waals surface area contributed by atoms with Crippen molar-refractivity contribution in [3.05, 3.63) is 24.4 Å². The van der Waals surface area contributed by atoms with Crippen molar-refractivity contribution in [3.63, 3.8) is 0 Å². The number of aromatic nitrogens is 1. The number of thioether (sulfide) groups is 1. The van der Waals surface area contributed by atoms with Crippen LogP contribution in [0.1, 0.15) is 19.3 Å². The molecular weight excluding hydrogens is 182 g/mol. The molecule has 0 aliphatic carbocycles. The van der Waals surface area contributed by atoms with Crippen molar-refractivity contribution < 1.29 is 4.74 Å². The van der Waals surface area contributed by atoms with Crippen molar-refractivity contribution in [1.82, 2.24) is 4.98 Å². The van der Waals surface area contributed by atoms with Gasteiger partial charge in [-0.05, 0) is 31.4 Å². The zero-order valence-corrected chi connectivity index (χ0v) is 8.30. The molecule has 1 atom stereocenters. The van der Waals surface area contributed by atoms with Gasteiger partial charge in [0.1, 0.15) is 5.44 Å². The van der Waals surface area contributed by atoms with Gasteiger partial charge in [-0.15, -0.1) is 0 Å². The van der Waals surface area contributed by atoms with E-state index in [9.17, 15) is 0 Å². The van der Waals surface area contributed by atoms with E-state index < -0.39 is 0 Å². The zero-order valence-electron chi connectivity index (χ0n) is 7.48. The molecule has 70 valence electrons. The highest BCUT2D eigenvalue weighted by atomic mass is 32.2. The maximum atomic E-state index is 5.60. The Kier molecular flexibility index (Phi) is 3.22. The summed E-state index contributed by atoms with van der Waals surface area (Å²) in [4.78, 5) is 4.26. The first kappa shape index (κ1) is 9.03. The molecule has 2 nitrogen and oxygen atoms in total. The van der Waals surface area contributed by atoms with Crippen LogP contribution in [0, 0.1) is 0 Å². The van der Waals surface area contributed by atoms with Crippen LogP contribution < -0.4 is 0 Å². The van der Waals surface area contributed by atoms with E-state index in [0.29, 0.717) is 5.44 Å². The monoisotopic (exact) mass is 195 g/mol. The molecule has 1 aliphatic heterocycles. The van der Waals surface area contributed by atoms with Crippen LogP contribution in [0.2, 0.25) is 0 Å². The van der Waals surface area contributed by atoms with Crippen LogP contribution in [-0.2, 0) is 4.74 Å². The molecule has 0 N–H and O–H groups in total. The van der Waals surface area contributed by atoms with Crippen LogP contribution in [0.4, 0.5) is 0 Å². The standard InChI is InChI=1S/C10H13NOS/c1-3-7-11-9(5-1)13-10-6-2-4-8-12-10/h1,3,5,7,10H,2,4,6,8H2/t10-/m1/s1. The average Bonchev–Trinajstić information content (AvgIpc) is 2.21. The highest BCUT2D eigenvalue weighted by Gasteiger charge is 2.14. The van der Waals surface area contributed by atoms with Gasteiger partial charge in [-0.25, -0.2) is 4.98 Å². The van der Waals surface area contributed by atoms with E-state index in [1.165, 1.54) is 12.8 Å². The normalized spacial score (nSPS) is 22.9. The second-order valence-electron chi connectivity index (χ2n) is 3.08. The third-order valence-electron chi connectivity index (χ3n) is 2.03. The number of ether oxygens (including phenoxy) is 1. The Morgan fingerprint density at radius 2 is 2.38 bits per heavy atom. The number of nitrogens with zero attached hydrogens (tertiary/aromatic N) is 1. The Hall–Kier alpha value is -0.540. The molecule has 3 heteroatoms. The fraction of sp³-hybridized carbons (Fsp3) is 0.500. The first-order valence-electron chi connectivity index (χ1n) is 4.64. The molecule has 1 fully saturated rings. The molecule has 0 spiro atoms. The van der Waals surface area contributed by atoms with E-state index in [0.717, 1.165) is 18.1 Å². The summed E-state index contributed by atoms with van der Waals surface area (Å²) in [6.07, 6.45) is 5.47. The second-order valence-corrected chi connectivity index (χ2v) is 4.26. The fourth-order valence-corrected chi connectivity index (χ4v) is 2.35. The van der Waals surface area contributed by atoms with Crippen molar-refractivity contribution >= 4 is 11.8 Å². The van der Waals surface area contributed by atoms with Gasteiger partial charge in [0.2, 0.25) is 0 Å². The minimum absolute atomic E-state index is 0.323. The van der Waals surface area contributed by atoms with E-state index >= 15 is 0 Å². The van der Waals surface area contributed by atoms with Crippen LogP contribution in [0.25, 0.3) is 0 Å². The van der Waals surface area contributed by atoms with E-state index in [2.05, 4.69) is 4.98 Å². The Balaban J connectivity index is 1.90. The molecule has 1 saturated heterocycles. The summed E-state index contributed by atoms with van der Waals surface area (Å²) in [7, 11) is 0. The lowest BCUT2D eigenvalue weighted by molar-refractivity contribution is 0.0727. The average molecular weight is 195 g/mol. The van der Waals surface area contributed by atoms with Gasteiger partial charge in [-0.3, -0.25) is 0 Å². The van der Waals surface area contributed by atoms with Crippen molar-refractivity contribution in [3.8, 4) is 0 Å². The van der Waals surface area contributed by atoms with Crippen LogP contribution in [0.5, 0.6) is 0 Å². The van der Waals surface area contributed by atoms with E-state index in [4.69, 9.17) is 4.74 Å². The smallest absolute Gasteiger partial charge is 0.109 e. The molecule has 1 aromatic rings. The van der Waals surface area contributed by atoms with Gasteiger partial charge in [-0.2, -0.15) is 0 Å². The summed E-state index contributed by atoms with van der Waals surface area (Å²) in [5.74, 6) is 0. The second kappa shape index (κ2) is 4.63. The third-order valence-corrected chi connectivity index (χ3v) is 3.15. The minimum atomic E-state index is 0.323. The number of hydrogen-bond donors (Lipinski definition) is 0. The molecule has 13 heavy (non-hydrogen) atoms. The Morgan fingerprint density at radius 1 is 1.38 bits per heavy atom. The van der Waals surface area contributed by atoms with E-state index in [-0.39, 0.29) is 0 Å². The lowest BCUT2D eigenvalue weighted by Gasteiger charge is -2.21. The highest BCUT2D eigenvalue weighted by molar-refractivity contribution is 7.99. The van der Waals surface area contributed by atoms with Crippen LogP contribution in [0.15, 0.2) is 29.4 Å². The summed E-state index contributed by atoms with van der Waals surface area (Å²) < 4.78 is 5.60. The zero-order chi connectivity index (χ0) is 8.93. The fourth-order valence-electron chi connectivity index (χ4n) is 1.36. The lowest BCUT2D eigenvalue weighted by atomic mass is 10.2. The maximum Gasteiger partial charge on any atom is 0.109 e. The molecule has 0 unspecified atom stereocenters. The topological polar surface area (TPSA) is 22.1 Å². The molecule has 0 radical (unpaired) electrons. The summed E-state index contributed by atoms with van der Waals surface area (Å²) in [5.41, 5.74) is 0.323. The van der Waals surface area contributed by atoms with Crippen molar-refractivity contribution in [2.45, 2.75) is 29.7 Å². The lowest BCUT2D eigenvalue weighted by Crippen LogP contribution is -2.15.